The van der Waals surface area contributed by atoms with Gasteiger partial charge in [-0.2, -0.15) is 0 Å². The van der Waals surface area contributed by atoms with E-state index >= 15 is 0 Å². The van der Waals surface area contributed by atoms with E-state index in [1.54, 1.807) is 12.1 Å². The molecule has 2 aromatic carbocycles. The minimum atomic E-state index is -0.867. The van der Waals surface area contributed by atoms with Crippen LogP contribution in [0.2, 0.25) is 5.02 Å². The number of nitrogens with zero attached hydrogens (tertiary/aromatic N) is 1. The molecule has 2 fully saturated rings. The number of rotatable bonds is 7. The standard InChI is InChI=1S/C23H27ClN2O2/c24-20-7-5-18(6-8-20)21-13-22(21)25-14-16-9-11-26(12-10-16)15-17-1-3-19(4-2-17)23(27)28/h1-8,16,21-22,25H,9-15H2,(H,27,28)/t21-,22?/m0/s1. The first-order valence-corrected chi connectivity index (χ1v) is 10.5. The number of aromatic carboxylic acids is 1. The van der Waals surface area contributed by atoms with Crippen LogP contribution < -0.4 is 5.32 Å². The van der Waals surface area contributed by atoms with Gasteiger partial charge in [0.25, 0.3) is 0 Å². The topological polar surface area (TPSA) is 52.6 Å². The summed E-state index contributed by atoms with van der Waals surface area (Å²) in [6.45, 7) is 4.23. The molecule has 0 spiro atoms. The predicted molar refractivity (Wildman–Crippen MR) is 112 cm³/mol. The molecule has 1 aliphatic carbocycles. The molecule has 28 heavy (non-hydrogen) atoms. The van der Waals surface area contributed by atoms with Crippen LogP contribution in [-0.2, 0) is 6.54 Å². The van der Waals surface area contributed by atoms with Gasteiger partial charge in [0.15, 0.2) is 0 Å². The number of carbonyl (C=O) groups is 1. The number of nitrogens with one attached hydrogen (secondary N) is 1. The number of hydrogen-bond acceptors (Lipinski definition) is 3. The van der Waals surface area contributed by atoms with Crippen molar-refractivity contribution in [3.8, 4) is 0 Å². The van der Waals surface area contributed by atoms with Gasteiger partial charge in [-0.1, -0.05) is 35.9 Å². The Morgan fingerprint density at radius 1 is 1.07 bits per heavy atom. The van der Waals surface area contributed by atoms with Gasteiger partial charge in [-0.15, -0.1) is 0 Å². The molecule has 1 aliphatic heterocycles. The molecule has 1 saturated heterocycles. The summed E-state index contributed by atoms with van der Waals surface area (Å²) in [6.07, 6.45) is 3.67. The SMILES string of the molecule is O=C(O)c1ccc(CN2CCC(CNC3C[C@H]3c3ccc(Cl)cc3)CC2)cc1. The number of hydrogen-bond donors (Lipinski definition) is 2. The summed E-state index contributed by atoms with van der Waals surface area (Å²) in [4.78, 5) is 13.4. The maximum Gasteiger partial charge on any atom is 0.335 e. The predicted octanol–water partition coefficient (Wildman–Crippen LogP) is 4.40. The second-order valence-electron chi connectivity index (χ2n) is 8.13. The van der Waals surface area contributed by atoms with Crippen molar-refractivity contribution in [1.29, 1.82) is 0 Å². The molecule has 2 atom stereocenters. The lowest BCUT2D eigenvalue weighted by Gasteiger charge is -2.32. The van der Waals surface area contributed by atoms with Crippen LogP contribution in [0.4, 0.5) is 0 Å². The summed E-state index contributed by atoms with van der Waals surface area (Å²) in [5.41, 5.74) is 2.93. The van der Waals surface area contributed by atoms with Crippen LogP contribution in [0.3, 0.4) is 0 Å². The van der Waals surface area contributed by atoms with Crippen LogP contribution in [0.15, 0.2) is 48.5 Å². The molecular weight excluding hydrogens is 372 g/mol. The summed E-state index contributed by atoms with van der Waals surface area (Å²) in [5.74, 6) is 0.525. The summed E-state index contributed by atoms with van der Waals surface area (Å²) in [7, 11) is 0. The van der Waals surface area contributed by atoms with Crippen LogP contribution >= 0.6 is 11.6 Å². The van der Waals surface area contributed by atoms with Crippen LogP contribution in [0.5, 0.6) is 0 Å². The van der Waals surface area contributed by atoms with Crippen molar-refractivity contribution < 1.29 is 9.90 Å². The van der Waals surface area contributed by atoms with Gasteiger partial charge >= 0.3 is 5.97 Å². The molecule has 1 unspecified atom stereocenters. The Kier molecular flexibility index (Phi) is 6.00. The quantitative estimate of drug-likeness (QED) is 0.726. The average molecular weight is 399 g/mol. The van der Waals surface area contributed by atoms with Gasteiger partial charge in [0.05, 0.1) is 5.56 Å². The number of benzene rings is 2. The average Bonchev–Trinajstić information content (AvgIpc) is 3.48. The van der Waals surface area contributed by atoms with Gasteiger partial charge in [-0.25, -0.2) is 4.79 Å². The fourth-order valence-corrected chi connectivity index (χ4v) is 4.30. The highest BCUT2D eigenvalue weighted by Crippen LogP contribution is 2.41. The van der Waals surface area contributed by atoms with E-state index in [9.17, 15) is 4.79 Å². The third-order valence-corrected chi connectivity index (χ3v) is 6.32. The highest BCUT2D eigenvalue weighted by atomic mass is 35.5. The molecule has 5 heteroatoms. The monoisotopic (exact) mass is 398 g/mol. The van der Waals surface area contributed by atoms with Crippen molar-refractivity contribution in [3.05, 3.63) is 70.2 Å². The van der Waals surface area contributed by atoms with E-state index in [1.165, 1.54) is 30.4 Å². The van der Waals surface area contributed by atoms with Crippen molar-refractivity contribution in [2.75, 3.05) is 19.6 Å². The fourth-order valence-electron chi connectivity index (χ4n) is 4.18. The summed E-state index contributed by atoms with van der Waals surface area (Å²) in [5, 5.41) is 13.6. The van der Waals surface area contributed by atoms with Gasteiger partial charge in [0, 0.05) is 23.5 Å². The molecule has 1 heterocycles. The van der Waals surface area contributed by atoms with E-state index in [2.05, 4.69) is 22.3 Å². The number of piperidine rings is 1. The number of carboxylic acids is 1. The van der Waals surface area contributed by atoms with Gasteiger partial charge < -0.3 is 10.4 Å². The van der Waals surface area contributed by atoms with Gasteiger partial charge in [0.2, 0.25) is 0 Å². The lowest BCUT2D eigenvalue weighted by molar-refractivity contribution is 0.0697. The maximum absolute atomic E-state index is 10.9. The van der Waals surface area contributed by atoms with Crippen molar-refractivity contribution in [2.24, 2.45) is 5.92 Å². The summed E-state index contributed by atoms with van der Waals surface area (Å²) < 4.78 is 0. The summed E-state index contributed by atoms with van der Waals surface area (Å²) in [6, 6.07) is 16.1. The number of halogens is 1. The first-order valence-electron chi connectivity index (χ1n) is 10.1. The first-order chi connectivity index (χ1) is 13.6. The van der Waals surface area contributed by atoms with Gasteiger partial charge in [0.1, 0.15) is 0 Å². The Labute approximate surface area is 171 Å². The molecule has 2 N–H and O–H groups in total. The minimum absolute atomic E-state index is 0.352. The molecule has 0 bridgehead atoms. The Morgan fingerprint density at radius 3 is 2.39 bits per heavy atom. The lowest BCUT2D eigenvalue weighted by Crippen LogP contribution is -2.37. The van der Waals surface area contributed by atoms with Crippen LogP contribution in [0, 0.1) is 5.92 Å². The molecule has 0 amide bonds. The Bertz CT molecular complexity index is 798. The third-order valence-electron chi connectivity index (χ3n) is 6.07. The van der Waals surface area contributed by atoms with Crippen LogP contribution in [0.1, 0.15) is 46.7 Å². The maximum atomic E-state index is 10.9. The highest BCUT2D eigenvalue weighted by Gasteiger charge is 2.38. The molecule has 4 rings (SSSR count). The van der Waals surface area contributed by atoms with E-state index in [-0.39, 0.29) is 0 Å². The van der Waals surface area contributed by atoms with Crippen molar-refractivity contribution in [1.82, 2.24) is 10.2 Å². The second-order valence-corrected chi connectivity index (χ2v) is 8.57. The van der Waals surface area contributed by atoms with Crippen molar-refractivity contribution in [3.63, 3.8) is 0 Å². The van der Waals surface area contributed by atoms with Gasteiger partial charge in [-0.3, -0.25) is 4.90 Å². The molecule has 0 radical (unpaired) electrons. The lowest BCUT2D eigenvalue weighted by atomic mass is 9.96. The van der Waals surface area contributed by atoms with E-state index in [1.807, 2.05) is 24.3 Å². The third kappa shape index (κ3) is 4.93. The molecule has 0 aromatic heterocycles. The van der Waals surface area contributed by atoms with Crippen molar-refractivity contribution in [2.45, 2.75) is 37.8 Å². The van der Waals surface area contributed by atoms with Crippen molar-refractivity contribution >= 4 is 17.6 Å². The molecular formula is C23H27ClN2O2. The Balaban J connectivity index is 1.17. The largest absolute Gasteiger partial charge is 0.478 e. The van der Waals surface area contributed by atoms with E-state index in [0.29, 0.717) is 17.5 Å². The zero-order valence-electron chi connectivity index (χ0n) is 16.0. The van der Waals surface area contributed by atoms with Gasteiger partial charge in [-0.05, 0) is 80.2 Å². The van der Waals surface area contributed by atoms with E-state index < -0.39 is 5.97 Å². The highest BCUT2D eigenvalue weighted by molar-refractivity contribution is 6.30. The van der Waals surface area contributed by atoms with Crippen LogP contribution in [-0.4, -0.2) is 41.7 Å². The minimum Gasteiger partial charge on any atom is -0.478 e. The molecule has 2 aromatic rings. The number of likely N-dealkylation sites (tertiary alicyclic amines) is 1. The first kappa shape index (κ1) is 19.4. The molecule has 1 saturated carbocycles. The summed E-state index contributed by atoms with van der Waals surface area (Å²) >= 11 is 5.97. The Hall–Kier alpha value is -1.88. The smallest absolute Gasteiger partial charge is 0.335 e. The number of carboxylic acid groups (broad SMARTS) is 1. The van der Waals surface area contributed by atoms with Crippen LogP contribution in [0.25, 0.3) is 0 Å². The normalized spacial score (nSPS) is 22.9. The zero-order valence-corrected chi connectivity index (χ0v) is 16.7. The Morgan fingerprint density at radius 2 is 1.75 bits per heavy atom. The zero-order chi connectivity index (χ0) is 19.5. The fraction of sp³-hybridized carbons (Fsp3) is 0.435. The second kappa shape index (κ2) is 8.64. The molecule has 148 valence electrons. The van der Waals surface area contributed by atoms with E-state index in [4.69, 9.17) is 16.7 Å². The molecule has 2 aliphatic rings. The molecule has 4 nitrogen and oxygen atoms in total. The van der Waals surface area contributed by atoms with E-state index in [0.717, 1.165) is 37.1 Å².